The first-order valence-corrected chi connectivity index (χ1v) is 5.57. The van der Waals surface area contributed by atoms with Crippen LogP contribution in [0.25, 0.3) is 0 Å². The summed E-state index contributed by atoms with van der Waals surface area (Å²) in [4.78, 5) is 3.96. The molecule has 0 saturated carbocycles. The van der Waals surface area contributed by atoms with Crippen LogP contribution in [0.2, 0.25) is 0 Å². The van der Waals surface area contributed by atoms with Crippen LogP contribution in [0.15, 0.2) is 24.5 Å². The van der Waals surface area contributed by atoms with Crippen LogP contribution < -0.4 is 0 Å². The number of rotatable bonds is 4. The van der Waals surface area contributed by atoms with Gasteiger partial charge in [-0.3, -0.25) is 4.98 Å². The van der Waals surface area contributed by atoms with Gasteiger partial charge in [0.1, 0.15) is 0 Å². The fourth-order valence-electron chi connectivity index (χ4n) is 0.877. The Labute approximate surface area is 82.3 Å². The molecule has 0 unspecified atom stereocenters. The Morgan fingerprint density at radius 2 is 2.17 bits per heavy atom. The second-order valence-corrected chi connectivity index (χ2v) is 3.82. The molecular formula is C8H12N2S2. The highest BCUT2D eigenvalue weighted by Crippen LogP contribution is 2.11. The highest BCUT2D eigenvalue weighted by molar-refractivity contribution is 8.67. The van der Waals surface area contributed by atoms with Crippen LogP contribution in [0, 0.1) is 0 Å². The van der Waals surface area contributed by atoms with Crippen molar-refractivity contribution >= 4 is 22.6 Å². The second kappa shape index (κ2) is 5.45. The van der Waals surface area contributed by atoms with Crippen molar-refractivity contribution in [3.8, 4) is 0 Å². The lowest BCUT2D eigenvalue weighted by atomic mass is 10.2. The quantitative estimate of drug-likeness (QED) is 0.455. The summed E-state index contributed by atoms with van der Waals surface area (Å²) in [6, 6.07) is 4.08. The molecule has 0 aliphatic heterocycles. The number of nitrogens with zero attached hydrogens (tertiary/aromatic N) is 2. The zero-order valence-corrected chi connectivity index (χ0v) is 8.68. The van der Waals surface area contributed by atoms with Crippen molar-refractivity contribution in [1.82, 2.24) is 9.29 Å². The van der Waals surface area contributed by atoms with E-state index >= 15 is 0 Å². The van der Waals surface area contributed by atoms with Crippen LogP contribution in [0.1, 0.15) is 5.56 Å². The van der Waals surface area contributed by atoms with E-state index in [1.54, 1.807) is 0 Å². The average molecular weight is 200 g/mol. The van der Waals surface area contributed by atoms with E-state index in [1.807, 2.05) is 31.6 Å². The molecule has 0 amide bonds. The SMILES string of the molecule is CN(CCc1ccncc1)SS. The zero-order chi connectivity index (χ0) is 8.81. The van der Waals surface area contributed by atoms with Gasteiger partial charge < -0.3 is 0 Å². The van der Waals surface area contributed by atoms with Crippen molar-refractivity contribution in [3.05, 3.63) is 30.1 Å². The van der Waals surface area contributed by atoms with E-state index in [-0.39, 0.29) is 0 Å². The predicted octanol–water partition coefficient (Wildman–Crippen LogP) is 2.05. The number of thiol groups is 1. The Morgan fingerprint density at radius 1 is 1.50 bits per heavy atom. The highest BCUT2D eigenvalue weighted by Gasteiger charge is 1.96. The van der Waals surface area contributed by atoms with E-state index in [0.717, 1.165) is 13.0 Å². The van der Waals surface area contributed by atoms with Crippen LogP contribution in [0.4, 0.5) is 0 Å². The minimum absolute atomic E-state index is 1.01. The molecule has 0 aliphatic rings. The van der Waals surface area contributed by atoms with Gasteiger partial charge in [0.15, 0.2) is 0 Å². The molecule has 0 saturated heterocycles. The van der Waals surface area contributed by atoms with Gasteiger partial charge in [0.2, 0.25) is 0 Å². The summed E-state index contributed by atoms with van der Waals surface area (Å²) in [7, 11) is 3.48. The van der Waals surface area contributed by atoms with E-state index in [9.17, 15) is 0 Å². The highest BCUT2D eigenvalue weighted by atomic mass is 33.1. The maximum Gasteiger partial charge on any atom is 0.0270 e. The summed E-state index contributed by atoms with van der Waals surface area (Å²) in [6.07, 6.45) is 4.69. The summed E-state index contributed by atoms with van der Waals surface area (Å²) >= 11 is 4.09. The number of hydrogen-bond acceptors (Lipinski definition) is 4. The molecule has 12 heavy (non-hydrogen) atoms. The summed E-state index contributed by atoms with van der Waals surface area (Å²) in [6.45, 7) is 1.01. The fraction of sp³-hybridized carbons (Fsp3) is 0.375. The maximum absolute atomic E-state index is 4.09. The van der Waals surface area contributed by atoms with E-state index < -0.39 is 0 Å². The third kappa shape index (κ3) is 3.47. The van der Waals surface area contributed by atoms with Gasteiger partial charge in [-0.2, -0.15) is 0 Å². The molecule has 1 heterocycles. The molecule has 1 aromatic heterocycles. The number of pyridine rings is 1. The van der Waals surface area contributed by atoms with Crippen molar-refractivity contribution in [1.29, 1.82) is 0 Å². The molecular weight excluding hydrogens is 188 g/mol. The first kappa shape index (κ1) is 9.89. The first-order chi connectivity index (χ1) is 5.83. The molecule has 1 aromatic rings. The second-order valence-electron chi connectivity index (χ2n) is 2.54. The lowest BCUT2D eigenvalue weighted by Crippen LogP contribution is -2.11. The van der Waals surface area contributed by atoms with Gasteiger partial charge in [0, 0.05) is 18.9 Å². The average Bonchev–Trinajstić information content (AvgIpc) is 2.16. The van der Waals surface area contributed by atoms with Crippen LogP contribution in [0.5, 0.6) is 0 Å². The topological polar surface area (TPSA) is 16.1 Å². The van der Waals surface area contributed by atoms with Crippen molar-refractivity contribution in [2.24, 2.45) is 0 Å². The Bertz CT molecular complexity index is 216. The van der Waals surface area contributed by atoms with Gasteiger partial charge in [0.05, 0.1) is 0 Å². The molecule has 0 fully saturated rings. The summed E-state index contributed by atoms with van der Waals surface area (Å²) in [5.41, 5.74) is 1.32. The monoisotopic (exact) mass is 200 g/mol. The third-order valence-electron chi connectivity index (χ3n) is 1.60. The van der Waals surface area contributed by atoms with Crippen molar-refractivity contribution in [3.63, 3.8) is 0 Å². The molecule has 0 aliphatic carbocycles. The molecule has 0 atom stereocenters. The molecule has 0 radical (unpaired) electrons. The molecule has 66 valence electrons. The molecule has 0 spiro atoms. The van der Waals surface area contributed by atoms with Crippen LogP contribution >= 0.6 is 22.6 Å². The molecule has 0 aromatic carbocycles. The summed E-state index contributed by atoms with van der Waals surface area (Å²) in [5.74, 6) is 0. The largest absolute Gasteiger partial charge is 0.265 e. The molecule has 2 nitrogen and oxygen atoms in total. The Kier molecular flexibility index (Phi) is 4.50. The van der Waals surface area contributed by atoms with Crippen molar-refractivity contribution in [2.45, 2.75) is 6.42 Å². The summed E-state index contributed by atoms with van der Waals surface area (Å²) in [5, 5.41) is 0. The Morgan fingerprint density at radius 3 is 2.75 bits per heavy atom. The van der Waals surface area contributed by atoms with Crippen molar-refractivity contribution in [2.75, 3.05) is 13.6 Å². The van der Waals surface area contributed by atoms with Gasteiger partial charge >= 0.3 is 0 Å². The molecule has 4 heteroatoms. The van der Waals surface area contributed by atoms with Gasteiger partial charge in [-0.1, -0.05) is 11.7 Å². The number of aromatic nitrogens is 1. The minimum Gasteiger partial charge on any atom is -0.265 e. The van der Waals surface area contributed by atoms with E-state index in [2.05, 4.69) is 20.9 Å². The smallest absolute Gasteiger partial charge is 0.0270 e. The van der Waals surface area contributed by atoms with Gasteiger partial charge in [0.25, 0.3) is 0 Å². The molecule has 0 bridgehead atoms. The van der Waals surface area contributed by atoms with Gasteiger partial charge in [-0.15, -0.1) is 0 Å². The first-order valence-electron chi connectivity index (χ1n) is 3.74. The number of hydrogen-bond donors (Lipinski definition) is 1. The minimum atomic E-state index is 1.01. The zero-order valence-electron chi connectivity index (χ0n) is 6.97. The molecule has 1 rings (SSSR count). The van der Waals surface area contributed by atoms with Crippen LogP contribution in [-0.2, 0) is 6.42 Å². The lowest BCUT2D eigenvalue weighted by molar-refractivity contribution is 0.574. The van der Waals surface area contributed by atoms with Crippen LogP contribution in [0.3, 0.4) is 0 Å². The number of likely N-dealkylation sites (N-methyl/N-ethyl adjacent to an activating group) is 1. The lowest BCUT2D eigenvalue weighted by Gasteiger charge is -2.10. The van der Waals surface area contributed by atoms with Gasteiger partial charge in [-0.05, 0) is 42.1 Å². The van der Waals surface area contributed by atoms with Crippen LogP contribution in [-0.4, -0.2) is 22.9 Å². The maximum atomic E-state index is 4.09. The summed E-state index contributed by atoms with van der Waals surface area (Å²) < 4.78 is 2.09. The van der Waals surface area contributed by atoms with E-state index in [0.29, 0.717) is 0 Å². The van der Waals surface area contributed by atoms with E-state index in [1.165, 1.54) is 16.5 Å². The third-order valence-corrected chi connectivity index (χ3v) is 2.90. The van der Waals surface area contributed by atoms with Gasteiger partial charge in [-0.25, -0.2) is 4.31 Å². The Balaban J connectivity index is 2.33. The molecule has 0 N–H and O–H groups in total. The van der Waals surface area contributed by atoms with Crippen molar-refractivity contribution < 1.29 is 0 Å². The Hall–Kier alpha value is -0.190. The van der Waals surface area contributed by atoms with E-state index in [4.69, 9.17) is 0 Å². The predicted molar refractivity (Wildman–Crippen MR) is 57.1 cm³/mol. The normalized spacial score (nSPS) is 10.6. The fourth-order valence-corrected chi connectivity index (χ4v) is 1.29. The standard InChI is InChI=1S/C8H12N2S2/c1-10(12-11)7-4-8-2-5-9-6-3-8/h2-3,5-6,11H,4,7H2,1H3.